The Morgan fingerprint density at radius 2 is 2.00 bits per heavy atom. The number of aryl methyl sites for hydroxylation is 1. The maximum Gasteiger partial charge on any atom is 0.254 e. The normalized spacial score (nSPS) is 13.8. The number of aromatic nitrogens is 1. The number of nitrogens with zero attached hydrogens (tertiary/aromatic N) is 3. The van der Waals surface area contributed by atoms with Gasteiger partial charge in [-0.25, -0.2) is 4.98 Å². The van der Waals surface area contributed by atoms with E-state index in [2.05, 4.69) is 22.0 Å². The molecule has 0 spiro atoms. The molecular formula is C24H27N3O3S. The number of amides is 1. The summed E-state index contributed by atoms with van der Waals surface area (Å²) in [6, 6.07) is 15.6. The summed E-state index contributed by atoms with van der Waals surface area (Å²) in [5.41, 5.74) is 3.81. The minimum atomic E-state index is -0.0354. The van der Waals surface area contributed by atoms with Crippen LogP contribution in [0.3, 0.4) is 0 Å². The molecule has 1 fully saturated rings. The lowest BCUT2D eigenvalue weighted by molar-refractivity contribution is 0.0784. The van der Waals surface area contributed by atoms with Crippen LogP contribution in [0.4, 0.5) is 5.69 Å². The van der Waals surface area contributed by atoms with Crippen LogP contribution < -0.4 is 9.64 Å². The zero-order chi connectivity index (χ0) is 21.6. The predicted octanol–water partition coefficient (Wildman–Crippen LogP) is 4.14. The Kier molecular flexibility index (Phi) is 6.84. The summed E-state index contributed by atoms with van der Waals surface area (Å²) < 4.78 is 11.3. The van der Waals surface area contributed by atoms with Crippen LogP contribution in [0.5, 0.6) is 5.75 Å². The van der Waals surface area contributed by atoms with E-state index in [4.69, 9.17) is 9.47 Å². The van der Waals surface area contributed by atoms with Crippen molar-refractivity contribution >= 4 is 22.9 Å². The SMILES string of the molecule is Cc1nc(COc2cccc(C(=O)N(C)Cc3ccccc3N3CCOCC3)c2)cs1. The second-order valence-corrected chi connectivity index (χ2v) is 8.63. The van der Waals surface area contributed by atoms with Gasteiger partial charge in [0, 0.05) is 43.3 Å². The van der Waals surface area contributed by atoms with Crippen LogP contribution in [0.15, 0.2) is 53.9 Å². The summed E-state index contributed by atoms with van der Waals surface area (Å²) in [5, 5.41) is 3.01. The molecule has 0 saturated carbocycles. The molecule has 1 aliphatic heterocycles. The number of morpholine rings is 1. The van der Waals surface area contributed by atoms with Gasteiger partial charge < -0.3 is 19.3 Å². The molecule has 0 N–H and O–H groups in total. The quantitative estimate of drug-likeness (QED) is 0.556. The minimum absolute atomic E-state index is 0.0354. The molecular weight excluding hydrogens is 410 g/mol. The molecule has 0 unspecified atom stereocenters. The first-order chi connectivity index (χ1) is 15.1. The van der Waals surface area contributed by atoms with Gasteiger partial charge in [-0.15, -0.1) is 11.3 Å². The lowest BCUT2D eigenvalue weighted by Crippen LogP contribution is -2.37. The summed E-state index contributed by atoms with van der Waals surface area (Å²) in [4.78, 5) is 21.6. The summed E-state index contributed by atoms with van der Waals surface area (Å²) >= 11 is 1.60. The third-order valence-corrected chi connectivity index (χ3v) is 6.05. The van der Waals surface area contributed by atoms with Crippen molar-refractivity contribution < 1.29 is 14.3 Å². The Balaban J connectivity index is 1.43. The van der Waals surface area contributed by atoms with Gasteiger partial charge in [-0.2, -0.15) is 0 Å². The average molecular weight is 438 g/mol. The number of benzene rings is 2. The summed E-state index contributed by atoms with van der Waals surface area (Å²) in [7, 11) is 1.84. The number of carbonyl (C=O) groups is 1. The van der Waals surface area contributed by atoms with Crippen LogP contribution in [0.25, 0.3) is 0 Å². The molecule has 31 heavy (non-hydrogen) atoms. The van der Waals surface area contributed by atoms with E-state index >= 15 is 0 Å². The topological polar surface area (TPSA) is 54.9 Å². The highest BCUT2D eigenvalue weighted by Crippen LogP contribution is 2.24. The standard InChI is InChI=1S/C24H27N3O3S/c1-18-25-21(17-31-18)16-30-22-8-5-7-19(14-22)24(28)26(2)15-20-6-3-4-9-23(20)27-10-12-29-13-11-27/h3-9,14,17H,10-13,15-16H2,1-2H3. The zero-order valence-electron chi connectivity index (χ0n) is 17.9. The Morgan fingerprint density at radius 3 is 2.77 bits per heavy atom. The number of rotatable bonds is 7. The Morgan fingerprint density at radius 1 is 1.19 bits per heavy atom. The van der Waals surface area contributed by atoms with Crippen LogP contribution >= 0.6 is 11.3 Å². The molecule has 1 aliphatic rings. The predicted molar refractivity (Wildman–Crippen MR) is 123 cm³/mol. The van der Waals surface area contributed by atoms with Crippen LogP contribution in [-0.2, 0) is 17.9 Å². The molecule has 1 amide bonds. The van der Waals surface area contributed by atoms with Crippen LogP contribution in [0.1, 0.15) is 26.6 Å². The van der Waals surface area contributed by atoms with E-state index in [-0.39, 0.29) is 5.91 Å². The van der Waals surface area contributed by atoms with Gasteiger partial charge in [0.2, 0.25) is 0 Å². The van der Waals surface area contributed by atoms with E-state index < -0.39 is 0 Å². The van der Waals surface area contributed by atoms with E-state index in [9.17, 15) is 4.79 Å². The molecule has 1 aromatic heterocycles. The molecule has 2 aromatic carbocycles. The molecule has 0 bridgehead atoms. The largest absolute Gasteiger partial charge is 0.487 e. The Labute approximate surface area is 187 Å². The lowest BCUT2D eigenvalue weighted by Gasteiger charge is -2.31. The molecule has 0 atom stereocenters. The van der Waals surface area contributed by atoms with Crippen LogP contribution in [0, 0.1) is 6.92 Å². The van der Waals surface area contributed by atoms with Gasteiger partial charge in [0.25, 0.3) is 5.91 Å². The number of thiazole rings is 1. The van der Waals surface area contributed by atoms with Crippen LogP contribution in [0.2, 0.25) is 0 Å². The number of ether oxygens (including phenoxy) is 2. The van der Waals surface area contributed by atoms with Gasteiger partial charge in [0.15, 0.2) is 0 Å². The number of para-hydroxylation sites is 1. The van der Waals surface area contributed by atoms with Crippen molar-refractivity contribution in [2.45, 2.75) is 20.1 Å². The lowest BCUT2D eigenvalue weighted by atomic mass is 10.1. The zero-order valence-corrected chi connectivity index (χ0v) is 18.7. The molecule has 6 nitrogen and oxygen atoms in total. The monoisotopic (exact) mass is 437 g/mol. The van der Waals surface area contributed by atoms with Crippen molar-refractivity contribution in [3.05, 3.63) is 75.7 Å². The van der Waals surface area contributed by atoms with Crippen molar-refractivity contribution in [3.8, 4) is 5.75 Å². The second kappa shape index (κ2) is 9.94. The maximum atomic E-state index is 13.1. The van der Waals surface area contributed by atoms with E-state index in [1.807, 2.05) is 49.7 Å². The number of carbonyl (C=O) groups excluding carboxylic acids is 1. The average Bonchev–Trinajstić information content (AvgIpc) is 3.23. The molecule has 1 saturated heterocycles. The van der Waals surface area contributed by atoms with Gasteiger partial charge in [0.05, 0.1) is 23.9 Å². The molecule has 0 aliphatic carbocycles. The first-order valence-corrected chi connectivity index (χ1v) is 11.3. The summed E-state index contributed by atoms with van der Waals surface area (Å²) in [5.74, 6) is 0.630. The Hall–Kier alpha value is -2.90. The summed E-state index contributed by atoms with van der Waals surface area (Å²) in [6.07, 6.45) is 0. The summed E-state index contributed by atoms with van der Waals surface area (Å²) in [6.45, 7) is 6.10. The van der Waals surface area contributed by atoms with E-state index in [1.165, 1.54) is 5.69 Å². The van der Waals surface area contributed by atoms with Gasteiger partial charge in [-0.05, 0) is 36.8 Å². The Bertz CT molecular complexity index is 1030. The third kappa shape index (κ3) is 5.42. The fourth-order valence-electron chi connectivity index (χ4n) is 3.66. The van der Waals surface area contributed by atoms with Crippen molar-refractivity contribution in [2.24, 2.45) is 0 Å². The van der Waals surface area contributed by atoms with Gasteiger partial charge in [-0.3, -0.25) is 4.79 Å². The van der Waals surface area contributed by atoms with Crippen molar-refractivity contribution in [1.29, 1.82) is 0 Å². The fourth-order valence-corrected chi connectivity index (χ4v) is 4.25. The molecule has 4 rings (SSSR count). The van der Waals surface area contributed by atoms with Crippen LogP contribution in [-0.4, -0.2) is 49.1 Å². The van der Waals surface area contributed by atoms with Gasteiger partial charge in [0.1, 0.15) is 12.4 Å². The highest BCUT2D eigenvalue weighted by Gasteiger charge is 2.18. The molecule has 2 heterocycles. The number of hydrogen-bond acceptors (Lipinski definition) is 6. The van der Waals surface area contributed by atoms with E-state index in [1.54, 1.807) is 22.3 Å². The fraction of sp³-hybridized carbons (Fsp3) is 0.333. The minimum Gasteiger partial charge on any atom is -0.487 e. The highest BCUT2D eigenvalue weighted by molar-refractivity contribution is 7.09. The molecule has 162 valence electrons. The van der Waals surface area contributed by atoms with Crippen molar-refractivity contribution in [1.82, 2.24) is 9.88 Å². The van der Waals surface area contributed by atoms with E-state index in [0.717, 1.165) is 42.6 Å². The third-order valence-electron chi connectivity index (χ3n) is 5.23. The van der Waals surface area contributed by atoms with Crippen molar-refractivity contribution in [3.63, 3.8) is 0 Å². The molecule has 7 heteroatoms. The molecule has 3 aromatic rings. The number of anilines is 1. The highest BCUT2D eigenvalue weighted by atomic mass is 32.1. The van der Waals surface area contributed by atoms with E-state index in [0.29, 0.717) is 24.5 Å². The van der Waals surface area contributed by atoms with Gasteiger partial charge in [-0.1, -0.05) is 24.3 Å². The van der Waals surface area contributed by atoms with Gasteiger partial charge >= 0.3 is 0 Å². The smallest absolute Gasteiger partial charge is 0.254 e. The first-order valence-electron chi connectivity index (χ1n) is 10.4. The second-order valence-electron chi connectivity index (χ2n) is 7.56. The molecule has 0 radical (unpaired) electrons. The number of hydrogen-bond donors (Lipinski definition) is 0. The maximum absolute atomic E-state index is 13.1. The van der Waals surface area contributed by atoms with Crippen molar-refractivity contribution in [2.75, 3.05) is 38.3 Å². The first kappa shape index (κ1) is 21.3.